The molecule has 0 saturated heterocycles. The fourth-order valence-corrected chi connectivity index (χ4v) is 2.37. The van der Waals surface area contributed by atoms with Crippen molar-refractivity contribution >= 4 is 29.1 Å². The van der Waals surface area contributed by atoms with E-state index in [4.69, 9.17) is 12.2 Å². The minimum atomic E-state index is 0.593. The molecule has 1 rings (SSSR count). The highest BCUT2D eigenvalue weighted by Crippen LogP contribution is 2.16. The zero-order chi connectivity index (χ0) is 14.3. The Morgan fingerprint density at radius 2 is 2.16 bits per heavy atom. The van der Waals surface area contributed by atoms with Crippen LogP contribution in [0.25, 0.3) is 0 Å². The molecule has 0 aliphatic rings. The second-order valence-electron chi connectivity index (χ2n) is 4.72. The van der Waals surface area contributed by atoms with Gasteiger partial charge in [0.05, 0.1) is 0 Å². The third-order valence-electron chi connectivity index (χ3n) is 2.61. The van der Waals surface area contributed by atoms with E-state index in [1.54, 1.807) is 11.8 Å². The van der Waals surface area contributed by atoms with Gasteiger partial charge in [-0.3, -0.25) is 0 Å². The predicted octanol–water partition coefficient (Wildman–Crippen LogP) is 1.68. The van der Waals surface area contributed by atoms with Crippen LogP contribution in [0.15, 0.2) is 5.16 Å². The monoisotopic (exact) mass is 301 g/mol. The van der Waals surface area contributed by atoms with Gasteiger partial charge in [0, 0.05) is 26.6 Å². The maximum Gasteiger partial charge on any atom is 0.190 e. The van der Waals surface area contributed by atoms with Crippen molar-refractivity contribution in [1.29, 1.82) is 0 Å². The third kappa shape index (κ3) is 5.36. The molecule has 1 heterocycles. The summed E-state index contributed by atoms with van der Waals surface area (Å²) in [6.45, 7) is 6.24. The Balaban J connectivity index is 2.53. The molecule has 5 nitrogen and oxygen atoms in total. The summed E-state index contributed by atoms with van der Waals surface area (Å²) < 4.78 is 2.23. The molecule has 0 atom stereocenters. The molecular formula is C12H23N5S2. The number of aromatic nitrogens is 3. The lowest BCUT2D eigenvalue weighted by atomic mass is 10.2. The largest absolute Gasteiger partial charge is 0.366 e. The zero-order valence-electron chi connectivity index (χ0n) is 12.1. The average Bonchev–Trinajstić information content (AvgIpc) is 2.76. The van der Waals surface area contributed by atoms with Crippen LogP contribution < -0.4 is 10.6 Å². The van der Waals surface area contributed by atoms with Crippen molar-refractivity contribution in [1.82, 2.24) is 25.4 Å². The van der Waals surface area contributed by atoms with Crippen LogP contribution in [0.4, 0.5) is 0 Å². The molecule has 0 saturated carbocycles. The Kier molecular flexibility index (Phi) is 7.15. The van der Waals surface area contributed by atoms with Gasteiger partial charge in [-0.15, -0.1) is 10.2 Å². The van der Waals surface area contributed by atoms with Gasteiger partial charge in [0.25, 0.3) is 0 Å². The summed E-state index contributed by atoms with van der Waals surface area (Å²) in [6.07, 6.45) is 3.95. The summed E-state index contributed by atoms with van der Waals surface area (Å²) in [4.78, 5) is 0. The topological polar surface area (TPSA) is 54.8 Å². The average molecular weight is 301 g/mol. The van der Waals surface area contributed by atoms with Gasteiger partial charge in [0.2, 0.25) is 0 Å². The lowest BCUT2D eigenvalue weighted by molar-refractivity contribution is 0.477. The fraction of sp³-hybridized carbons (Fsp3) is 0.750. The summed E-state index contributed by atoms with van der Waals surface area (Å²) in [5.41, 5.74) is 0. The molecule has 0 bridgehead atoms. The molecule has 7 heteroatoms. The van der Waals surface area contributed by atoms with Crippen molar-refractivity contribution in [2.75, 3.05) is 19.8 Å². The summed E-state index contributed by atoms with van der Waals surface area (Å²) in [7, 11) is 1.82. The van der Waals surface area contributed by atoms with Crippen molar-refractivity contribution in [3.8, 4) is 0 Å². The standard InChI is InChI=1S/C12H23N5S2/c1-9(2)8-17-10(15-16-12(17)19-4)6-5-7-14-11(18)13-3/h9H,5-8H2,1-4H3,(H2,13,14,18). The van der Waals surface area contributed by atoms with Crippen LogP contribution in [0, 0.1) is 5.92 Å². The van der Waals surface area contributed by atoms with Crippen LogP contribution in [0.5, 0.6) is 0 Å². The van der Waals surface area contributed by atoms with E-state index in [1.807, 2.05) is 13.3 Å². The van der Waals surface area contributed by atoms with E-state index in [0.29, 0.717) is 11.0 Å². The zero-order valence-corrected chi connectivity index (χ0v) is 13.7. The van der Waals surface area contributed by atoms with Gasteiger partial charge in [-0.25, -0.2) is 0 Å². The summed E-state index contributed by atoms with van der Waals surface area (Å²) in [5, 5.41) is 16.3. The number of nitrogens with zero attached hydrogens (tertiary/aromatic N) is 3. The summed E-state index contributed by atoms with van der Waals surface area (Å²) in [6, 6.07) is 0. The maximum atomic E-state index is 5.03. The first-order chi connectivity index (χ1) is 9.08. The Labute approximate surface area is 124 Å². The van der Waals surface area contributed by atoms with Crippen LogP contribution in [0.3, 0.4) is 0 Å². The molecule has 0 aromatic carbocycles. The highest BCUT2D eigenvalue weighted by Gasteiger charge is 2.12. The first-order valence-corrected chi connectivity index (χ1v) is 8.13. The van der Waals surface area contributed by atoms with Crippen LogP contribution >= 0.6 is 24.0 Å². The number of thiocarbonyl (C=S) groups is 1. The number of hydrogen-bond acceptors (Lipinski definition) is 4. The third-order valence-corrected chi connectivity index (χ3v) is 3.63. The molecule has 19 heavy (non-hydrogen) atoms. The van der Waals surface area contributed by atoms with E-state index in [9.17, 15) is 0 Å². The normalized spacial score (nSPS) is 10.8. The maximum absolute atomic E-state index is 5.03. The van der Waals surface area contributed by atoms with Gasteiger partial charge in [-0.1, -0.05) is 25.6 Å². The minimum Gasteiger partial charge on any atom is -0.366 e. The van der Waals surface area contributed by atoms with Crippen LogP contribution in [-0.2, 0) is 13.0 Å². The lowest BCUT2D eigenvalue weighted by Crippen LogP contribution is -2.33. The molecule has 108 valence electrons. The number of hydrogen-bond donors (Lipinski definition) is 2. The van der Waals surface area contributed by atoms with Crippen molar-refractivity contribution in [3.63, 3.8) is 0 Å². The number of aryl methyl sites for hydroxylation is 1. The first kappa shape index (κ1) is 16.2. The summed E-state index contributed by atoms with van der Waals surface area (Å²) >= 11 is 6.68. The summed E-state index contributed by atoms with van der Waals surface area (Å²) in [5.74, 6) is 1.66. The second kappa shape index (κ2) is 8.37. The number of thioether (sulfide) groups is 1. The fourth-order valence-electron chi connectivity index (χ4n) is 1.74. The van der Waals surface area contributed by atoms with E-state index in [2.05, 4.69) is 39.2 Å². The van der Waals surface area contributed by atoms with Crippen molar-refractivity contribution in [3.05, 3.63) is 5.82 Å². The smallest absolute Gasteiger partial charge is 0.190 e. The molecule has 2 N–H and O–H groups in total. The van der Waals surface area contributed by atoms with Crippen molar-refractivity contribution in [2.24, 2.45) is 5.92 Å². The van der Waals surface area contributed by atoms with E-state index >= 15 is 0 Å². The van der Waals surface area contributed by atoms with Gasteiger partial charge in [0.1, 0.15) is 5.82 Å². The van der Waals surface area contributed by atoms with Crippen LogP contribution in [-0.4, -0.2) is 39.7 Å². The second-order valence-corrected chi connectivity index (χ2v) is 5.90. The van der Waals surface area contributed by atoms with Gasteiger partial charge in [-0.05, 0) is 30.8 Å². The van der Waals surface area contributed by atoms with Crippen molar-refractivity contribution in [2.45, 2.75) is 38.4 Å². The Hall–Kier alpha value is -0.820. The van der Waals surface area contributed by atoms with Crippen LogP contribution in [0.2, 0.25) is 0 Å². The lowest BCUT2D eigenvalue weighted by Gasteiger charge is -2.12. The quantitative estimate of drug-likeness (QED) is 0.454. The molecule has 0 amide bonds. The molecule has 0 radical (unpaired) electrons. The molecule has 0 fully saturated rings. The van der Waals surface area contributed by atoms with Gasteiger partial charge in [0.15, 0.2) is 10.3 Å². The van der Waals surface area contributed by atoms with Gasteiger partial charge < -0.3 is 15.2 Å². The van der Waals surface area contributed by atoms with E-state index in [0.717, 1.165) is 36.9 Å². The molecule has 0 aliphatic carbocycles. The van der Waals surface area contributed by atoms with Crippen molar-refractivity contribution < 1.29 is 0 Å². The van der Waals surface area contributed by atoms with E-state index < -0.39 is 0 Å². The molecule has 0 unspecified atom stereocenters. The molecular weight excluding hydrogens is 278 g/mol. The Morgan fingerprint density at radius 1 is 1.42 bits per heavy atom. The Morgan fingerprint density at radius 3 is 2.74 bits per heavy atom. The molecule has 1 aromatic rings. The van der Waals surface area contributed by atoms with Gasteiger partial charge in [-0.2, -0.15) is 0 Å². The highest BCUT2D eigenvalue weighted by atomic mass is 32.2. The number of nitrogens with one attached hydrogen (secondary N) is 2. The van der Waals surface area contributed by atoms with E-state index in [-0.39, 0.29) is 0 Å². The SMILES string of the molecule is CNC(=S)NCCCc1nnc(SC)n1CC(C)C. The number of rotatable bonds is 7. The molecule has 1 aromatic heterocycles. The molecule has 0 spiro atoms. The van der Waals surface area contributed by atoms with Gasteiger partial charge >= 0.3 is 0 Å². The predicted molar refractivity (Wildman–Crippen MR) is 84.6 cm³/mol. The van der Waals surface area contributed by atoms with Crippen LogP contribution in [0.1, 0.15) is 26.1 Å². The first-order valence-electron chi connectivity index (χ1n) is 6.50. The van der Waals surface area contributed by atoms with E-state index in [1.165, 1.54) is 0 Å². The molecule has 0 aliphatic heterocycles. The minimum absolute atomic E-state index is 0.593. The Bertz CT molecular complexity index is 403. The highest BCUT2D eigenvalue weighted by molar-refractivity contribution is 7.98.